The molecule has 6 nitrogen and oxygen atoms in total. The Balaban J connectivity index is 1.59. The summed E-state index contributed by atoms with van der Waals surface area (Å²) in [6.07, 6.45) is 1.73. The SMILES string of the molecule is Cc1c(CO)ccc2c1CCc1ccccc1N2c1nnnn1C(c1ccccc1)(c1ccccc1)c1ccccc1. The van der Waals surface area contributed by atoms with Gasteiger partial charge in [0.25, 0.3) is 5.95 Å². The summed E-state index contributed by atoms with van der Waals surface area (Å²) in [5.74, 6) is 0.610. The predicted molar refractivity (Wildman–Crippen MR) is 165 cm³/mol. The maximum atomic E-state index is 10.1. The smallest absolute Gasteiger partial charge is 0.256 e. The molecule has 7 rings (SSSR count). The van der Waals surface area contributed by atoms with Gasteiger partial charge in [0, 0.05) is 0 Å². The van der Waals surface area contributed by atoms with E-state index in [2.05, 4.69) is 120 Å². The van der Waals surface area contributed by atoms with Crippen LogP contribution in [-0.4, -0.2) is 25.3 Å². The second-order valence-corrected chi connectivity index (χ2v) is 10.7. The number of para-hydroxylation sites is 1. The lowest BCUT2D eigenvalue weighted by Gasteiger charge is -2.38. The number of benzene rings is 5. The number of aryl methyl sites for hydroxylation is 1. The first-order chi connectivity index (χ1) is 20.7. The summed E-state index contributed by atoms with van der Waals surface area (Å²) in [6, 6.07) is 44.0. The van der Waals surface area contributed by atoms with Gasteiger partial charge in [-0.1, -0.05) is 120 Å². The zero-order valence-corrected chi connectivity index (χ0v) is 23.4. The Morgan fingerprint density at radius 2 is 1.24 bits per heavy atom. The lowest BCUT2D eigenvalue weighted by molar-refractivity contribution is 0.281. The fraction of sp³-hybridized carbons (Fsp3) is 0.139. The fourth-order valence-corrected chi connectivity index (χ4v) is 6.48. The number of aliphatic hydroxyl groups is 1. The highest BCUT2D eigenvalue weighted by Crippen LogP contribution is 2.47. The molecule has 0 unspecified atom stereocenters. The van der Waals surface area contributed by atoms with Crippen LogP contribution in [0.5, 0.6) is 0 Å². The third-order valence-corrected chi connectivity index (χ3v) is 8.52. The molecule has 1 aromatic heterocycles. The van der Waals surface area contributed by atoms with Gasteiger partial charge in [-0.05, 0) is 81.3 Å². The van der Waals surface area contributed by atoms with E-state index in [9.17, 15) is 5.11 Å². The molecule has 6 aromatic rings. The number of tetrazole rings is 1. The number of aliphatic hydroxyl groups excluding tert-OH is 1. The highest BCUT2D eigenvalue weighted by Gasteiger charge is 2.43. The Morgan fingerprint density at radius 1 is 0.667 bits per heavy atom. The molecule has 0 aliphatic carbocycles. The van der Waals surface area contributed by atoms with Crippen LogP contribution in [0.4, 0.5) is 17.3 Å². The summed E-state index contributed by atoms with van der Waals surface area (Å²) in [4.78, 5) is 2.20. The van der Waals surface area contributed by atoms with E-state index in [0.29, 0.717) is 5.95 Å². The van der Waals surface area contributed by atoms with Crippen molar-refractivity contribution in [3.63, 3.8) is 0 Å². The van der Waals surface area contributed by atoms with Crippen molar-refractivity contribution in [1.82, 2.24) is 20.2 Å². The van der Waals surface area contributed by atoms with Crippen molar-refractivity contribution in [2.24, 2.45) is 0 Å². The lowest BCUT2D eigenvalue weighted by atomic mass is 9.77. The van der Waals surface area contributed by atoms with E-state index in [1.807, 2.05) is 28.9 Å². The van der Waals surface area contributed by atoms with Crippen molar-refractivity contribution in [1.29, 1.82) is 0 Å². The molecule has 206 valence electrons. The molecule has 0 bridgehead atoms. The molecule has 1 N–H and O–H groups in total. The van der Waals surface area contributed by atoms with Gasteiger partial charge in [-0.3, -0.25) is 4.90 Å². The number of hydrogen-bond donors (Lipinski definition) is 1. The third kappa shape index (κ3) is 4.03. The van der Waals surface area contributed by atoms with Crippen molar-refractivity contribution in [2.75, 3.05) is 4.90 Å². The molecule has 5 aromatic carbocycles. The average molecular weight is 550 g/mol. The molecule has 0 radical (unpaired) electrons. The van der Waals surface area contributed by atoms with Gasteiger partial charge in [0.05, 0.1) is 18.0 Å². The number of aromatic nitrogens is 4. The largest absolute Gasteiger partial charge is 0.392 e. The van der Waals surface area contributed by atoms with E-state index in [1.54, 1.807) is 0 Å². The average Bonchev–Trinajstić information content (AvgIpc) is 3.46. The molecule has 42 heavy (non-hydrogen) atoms. The molecule has 1 aliphatic heterocycles. The maximum absolute atomic E-state index is 10.1. The van der Waals surface area contributed by atoms with E-state index in [1.165, 1.54) is 11.1 Å². The van der Waals surface area contributed by atoms with Crippen molar-refractivity contribution in [3.05, 3.63) is 166 Å². The van der Waals surface area contributed by atoms with Crippen LogP contribution in [0.25, 0.3) is 0 Å². The van der Waals surface area contributed by atoms with E-state index >= 15 is 0 Å². The van der Waals surface area contributed by atoms with Crippen LogP contribution in [0.3, 0.4) is 0 Å². The monoisotopic (exact) mass is 549 g/mol. The quantitative estimate of drug-likeness (QED) is 0.229. The van der Waals surface area contributed by atoms with Gasteiger partial charge in [-0.15, -0.1) is 0 Å². The van der Waals surface area contributed by atoms with E-state index in [0.717, 1.165) is 52.0 Å². The van der Waals surface area contributed by atoms with Crippen LogP contribution in [-0.2, 0) is 25.0 Å². The summed E-state index contributed by atoms with van der Waals surface area (Å²) in [5, 5.41) is 24.0. The molecule has 0 saturated heterocycles. The second-order valence-electron chi connectivity index (χ2n) is 10.7. The zero-order valence-electron chi connectivity index (χ0n) is 23.4. The fourth-order valence-electron chi connectivity index (χ4n) is 6.48. The lowest BCUT2D eigenvalue weighted by Crippen LogP contribution is -2.40. The summed E-state index contributed by atoms with van der Waals surface area (Å²) in [7, 11) is 0. The number of fused-ring (bicyclic) bond motifs is 2. The highest BCUT2D eigenvalue weighted by molar-refractivity contribution is 5.80. The molecule has 0 saturated carbocycles. The standard InChI is InChI=1S/C36H31N5O/c1-26-28(25-42)22-24-34-32(26)23-21-27-13-11-12-20-33(27)40(34)35-37-38-39-41(35)36(29-14-5-2-6-15-29,30-16-7-3-8-17-30)31-18-9-4-10-19-31/h2-20,22,24,42H,21,23,25H2,1H3. The number of rotatable bonds is 6. The zero-order chi connectivity index (χ0) is 28.5. The molecule has 0 amide bonds. The van der Waals surface area contributed by atoms with E-state index in [4.69, 9.17) is 10.3 Å². The maximum Gasteiger partial charge on any atom is 0.256 e. The van der Waals surface area contributed by atoms with E-state index < -0.39 is 5.54 Å². The first-order valence-corrected chi connectivity index (χ1v) is 14.3. The minimum atomic E-state index is -0.871. The number of hydrogen-bond acceptors (Lipinski definition) is 5. The van der Waals surface area contributed by atoms with Gasteiger partial charge in [-0.25, -0.2) is 0 Å². The Labute approximate surface area is 245 Å². The highest BCUT2D eigenvalue weighted by atomic mass is 16.3. The van der Waals surface area contributed by atoms with Gasteiger partial charge in [-0.2, -0.15) is 4.68 Å². The van der Waals surface area contributed by atoms with Crippen LogP contribution in [0.1, 0.15) is 38.9 Å². The van der Waals surface area contributed by atoms with Crippen LogP contribution >= 0.6 is 0 Å². The normalized spacial score (nSPS) is 12.9. The van der Waals surface area contributed by atoms with Gasteiger partial charge < -0.3 is 5.11 Å². The van der Waals surface area contributed by atoms with Crippen LogP contribution in [0.15, 0.2) is 127 Å². The Hall–Kier alpha value is -5.07. The first kappa shape index (κ1) is 25.9. The van der Waals surface area contributed by atoms with Gasteiger partial charge in [0.15, 0.2) is 0 Å². The summed E-state index contributed by atoms with van der Waals surface area (Å²) < 4.78 is 1.98. The molecule has 1 aliphatic rings. The predicted octanol–water partition coefficient (Wildman–Crippen LogP) is 6.88. The van der Waals surface area contributed by atoms with Gasteiger partial charge in [0.1, 0.15) is 5.54 Å². The molecule has 6 heteroatoms. The topological polar surface area (TPSA) is 67.1 Å². The van der Waals surface area contributed by atoms with Crippen LogP contribution < -0.4 is 4.90 Å². The van der Waals surface area contributed by atoms with Crippen LogP contribution in [0, 0.1) is 6.92 Å². The minimum Gasteiger partial charge on any atom is -0.392 e. The Kier molecular flexibility index (Phi) is 6.61. The number of anilines is 3. The Bertz CT molecular complexity index is 1740. The minimum absolute atomic E-state index is 0.00291. The van der Waals surface area contributed by atoms with Crippen molar-refractivity contribution in [2.45, 2.75) is 31.9 Å². The summed E-state index contributed by atoms with van der Waals surface area (Å²) in [6.45, 7) is 2.10. The van der Waals surface area contributed by atoms with Crippen molar-refractivity contribution in [3.8, 4) is 0 Å². The molecule has 0 fully saturated rings. The molecular weight excluding hydrogens is 518 g/mol. The van der Waals surface area contributed by atoms with E-state index in [-0.39, 0.29) is 6.61 Å². The molecular formula is C36H31N5O. The van der Waals surface area contributed by atoms with Crippen molar-refractivity contribution < 1.29 is 5.11 Å². The second kappa shape index (κ2) is 10.7. The Morgan fingerprint density at radius 3 is 1.83 bits per heavy atom. The summed E-state index contributed by atoms with van der Waals surface area (Å²) >= 11 is 0. The first-order valence-electron chi connectivity index (χ1n) is 14.3. The number of nitrogens with zero attached hydrogens (tertiary/aromatic N) is 5. The summed E-state index contributed by atoms with van der Waals surface area (Å²) in [5.41, 5.74) is 8.79. The molecule has 0 atom stereocenters. The van der Waals surface area contributed by atoms with Crippen LogP contribution in [0.2, 0.25) is 0 Å². The molecule has 2 heterocycles. The molecule has 0 spiro atoms. The van der Waals surface area contributed by atoms with Crippen molar-refractivity contribution >= 4 is 17.3 Å². The van der Waals surface area contributed by atoms with Gasteiger partial charge >= 0.3 is 0 Å². The van der Waals surface area contributed by atoms with Gasteiger partial charge in [0.2, 0.25) is 0 Å². The third-order valence-electron chi connectivity index (χ3n) is 8.52.